The number of unbranched alkanes of at least 4 members (excludes halogenated alkanes) is 14. The van der Waals surface area contributed by atoms with Crippen LogP contribution in [0, 0.1) is 0 Å². The van der Waals surface area contributed by atoms with Crippen molar-refractivity contribution in [3.63, 3.8) is 0 Å². The highest BCUT2D eigenvalue weighted by molar-refractivity contribution is 5.69. The Balaban J connectivity index is 3.17. The molecule has 9 nitrogen and oxygen atoms in total. The predicted octanol–water partition coefficient (Wildman–Crippen LogP) is 7.22. The summed E-state index contributed by atoms with van der Waals surface area (Å²) in [4.78, 5) is 23.3. The molecule has 0 bridgehead atoms. The number of ether oxygens (including phenoxy) is 7. The summed E-state index contributed by atoms with van der Waals surface area (Å²) >= 11 is 0. The molecule has 9 heteroatoms. The number of rotatable bonds is 36. The lowest BCUT2D eigenvalue weighted by Gasteiger charge is -2.08. The van der Waals surface area contributed by atoms with Crippen LogP contribution < -0.4 is 0 Å². The molecule has 0 saturated carbocycles. The molecule has 0 aromatic rings. The third kappa shape index (κ3) is 36.8. The summed E-state index contributed by atoms with van der Waals surface area (Å²) in [6.45, 7) is 9.49. The van der Waals surface area contributed by atoms with Gasteiger partial charge in [-0.25, -0.2) is 0 Å². The van der Waals surface area contributed by atoms with E-state index in [1.807, 2.05) is 0 Å². The first-order valence-electron chi connectivity index (χ1n) is 17.4. The van der Waals surface area contributed by atoms with Crippen molar-refractivity contribution in [1.29, 1.82) is 0 Å². The van der Waals surface area contributed by atoms with Crippen molar-refractivity contribution in [1.82, 2.24) is 0 Å². The first-order valence-corrected chi connectivity index (χ1v) is 17.4. The highest BCUT2D eigenvalue weighted by Crippen LogP contribution is 2.13. The molecule has 256 valence electrons. The quantitative estimate of drug-likeness (QED) is 0.0532. The number of hydrogen-bond donors (Lipinski definition) is 0. The van der Waals surface area contributed by atoms with Crippen molar-refractivity contribution < 1.29 is 42.7 Å². The van der Waals surface area contributed by atoms with Gasteiger partial charge in [-0.05, 0) is 12.8 Å². The lowest BCUT2D eigenvalue weighted by Crippen LogP contribution is -2.15. The molecule has 0 unspecified atom stereocenters. The van der Waals surface area contributed by atoms with Crippen LogP contribution in [-0.2, 0) is 42.7 Å². The van der Waals surface area contributed by atoms with E-state index in [-0.39, 0.29) is 25.2 Å². The zero-order valence-electron chi connectivity index (χ0n) is 27.9. The Morgan fingerprint density at radius 3 is 0.884 bits per heavy atom. The molecular formula is C34H66O9. The molecular weight excluding hydrogens is 552 g/mol. The molecule has 0 aliphatic heterocycles. The number of carbonyl (C=O) groups is 2. The van der Waals surface area contributed by atoms with E-state index in [1.165, 1.54) is 70.6 Å². The largest absolute Gasteiger partial charge is 0.463 e. The Kier molecular flexibility index (Phi) is 35.8. The third-order valence-corrected chi connectivity index (χ3v) is 6.94. The van der Waals surface area contributed by atoms with Gasteiger partial charge in [-0.15, -0.1) is 0 Å². The molecule has 0 rings (SSSR count). The van der Waals surface area contributed by atoms with Crippen molar-refractivity contribution in [3.05, 3.63) is 0 Å². The van der Waals surface area contributed by atoms with Gasteiger partial charge in [-0.2, -0.15) is 0 Å². The molecule has 0 radical (unpaired) electrons. The second-order valence-corrected chi connectivity index (χ2v) is 11.0. The minimum atomic E-state index is -0.157. The Bertz CT molecular complexity index is 574. The fourth-order valence-corrected chi connectivity index (χ4v) is 4.36. The second-order valence-electron chi connectivity index (χ2n) is 11.0. The first-order chi connectivity index (χ1) is 21.2. The van der Waals surface area contributed by atoms with Crippen LogP contribution in [0.15, 0.2) is 0 Å². The van der Waals surface area contributed by atoms with Crippen molar-refractivity contribution in [2.75, 3.05) is 79.3 Å². The zero-order valence-corrected chi connectivity index (χ0v) is 27.9. The van der Waals surface area contributed by atoms with Crippen LogP contribution in [0.2, 0.25) is 0 Å². The van der Waals surface area contributed by atoms with Gasteiger partial charge < -0.3 is 33.2 Å². The van der Waals surface area contributed by atoms with Gasteiger partial charge in [-0.3, -0.25) is 9.59 Å². The van der Waals surface area contributed by atoms with Crippen molar-refractivity contribution >= 4 is 11.9 Å². The molecule has 43 heavy (non-hydrogen) atoms. The molecule has 0 aromatic carbocycles. The average Bonchev–Trinajstić information content (AvgIpc) is 3.00. The van der Waals surface area contributed by atoms with Crippen LogP contribution in [0.25, 0.3) is 0 Å². The molecule has 0 saturated heterocycles. The molecule has 0 aliphatic carbocycles. The van der Waals surface area contributed by atoms with E-state index < -0.39 is 0 Å². The summed E-state index contributed by atoms with van der Waals surface area (Å²) in [5.74, 6) is -0.289. The molecule has 0 N–H and O–H groups in total. The fourth-order valence-electron chi connectivity index (χ4n) is 4.36. The minimum absolute atomic E-state index is 0.132. The van der Waals surface area contributed by atoms with Crippen molar-refractivity contribution in [2.24, 2.45) is 0 Å². The Morgan fingerprint density at radius 1 is 0.326 bits per heavy atom. The maximum atomic E-state index is 11.8. The van der Waals surface area contributed by atoms with Gasteiger partial charge in [0.05, 0.1) is 66.1 Å². The van der Waals surface area contributed by atoms with E-state index in [1.54, 1.807) is 0 Å². The van der Waals surface area contributed by atoms with E-state index >= 15 is 0 Å². The molecule has 0 spiro atoms. The molecule has 0 atom stereocenters. The van der Waals surface area contributed by atoms with Crippen LogP contribution >= 0.6 is 0 Å². The maximum absolute atomic E-state index is 11.8. The minimum Gasteiger partial charge on any atom is -0.463 e. The van der Waals surface area contributed by atoms with Crippen LogP contribution in [0.5, 0.6) is 0 Å². The summed E-state index contributed by atoms with van der Waals surface area (Å²) in [5, 5.41) is 0. The van der Waals surface area contributed by atoms with Crippen LogP contribution in [-0.4, -0.2) is 91.2 Å². The lowest BCUT2D eigenvalue weighted by atomic mass is 10.0. The maximum Gasteiger partial charge on any atom is 0.305 e. The van der Waals surface area contributed by atoms with Gasteiger partial charge in [0.2, 0.25) is 0 Å². The third-order valence-electron chi connectivity index (χ3n) is 6.94. The topological polar surface area (TPSA) is 98.8 Å². The summed E-state index contributed by atoms with van der Waals surface area (Å²) in [5.41, 5.74) is 0. The summed E-state index contributed by atoms with van der Waals surface area (Å²) < 4.78 is 37.5. The smallest absolute Gasteiger partial charge is 0.305 e. The van der Waals surface area contributed by atoms with Gasteiger partial charge in [0, 0.05) is 12.8 Å². The highest BCUT2D eigenvalue weighted by atomic mass is 16.6. The monoisotopic (exact) mass is 618 g/mol. The number of carbonyl (C=O) groups excluding carboxylic acids is 2. The van der Waals surface area contributed by atoms with E-state index in [9.17, 15) is 9.59 Å². The Hall–Kier alpha value is -1.26. The van der Waals surface area contributed by atoms with Crippen molar-refractivity contribution in [3.8, 4) is 0 Å². The number of hydrogen-bond acceptors (Lipinski definition) is 9. The Morgan fingerprint density at radius 2 is 0.558 bits per heavy atom. The lowest BCUT2D eigenvalue weighted by molar-refractivity contribution is -0.146. The van der Waals surface area contributed by atoms with Gasteiger partial charge in [0.1, 0.15) is 13.2 Å². The standard InChI is InChI=1S/C34H66O9/c1-3-5-7-8-9-10-11-12-13-14-15-16-18-20-34(36)43-32-30-41-28-26-39-24-22-37-21-23-38-25-27-40-29-31-42-33(35)19-17-6-4-2/h3-32H2,1-2H3. The number of esters is 2. The van der Waals surface area contributed by atoms with Crippen molar-refractivity contribution in [2.45, 2.75) is 129 Å². The molecule has 0 heterocycles. The molecule has 0 aromatic heterocycles. The Labute approximate surface area is 263 Å². The predicted molar refractivity (Wildman–Crippen MR) is 170 cm³/mol. The molecule has 0 amide bonds. The zero-order chi connectivity index (χ0) is 31.3. The van der Waals surface area contributed by atoms with E-state index in [0.29, 0.717) is 78.9 Å². The van der Waals surface area contributed by atoms with E-state index in [4.69, 9.17) is 33.2 Å². The fraction of sp³-hybridized carbons (Fsp3) is 0.941. The summed E-state index contributed by atoms with van der Waals surface area (Å²) in [6.07, 6.45) is 20.8. The second kappa shape index (κ2) is 36.9. The SMILES string of the molecule is CCCCCCCCCCCCCCCC(=O)OCCOCCOCCOCCOCCOCCOC(=O)CCCCC. The van der Waals surface area contributed by atoms with Gasteiger partial charge in [0.25, 0.3) is 0 Å². The van der Waals surface area contributed by atoms with E-state index in [0.717, 1.165) is 32.1 Å². The van der Waals surface area contributed by atoms with Crippen LogP contribution in [0.3, 0.4) is 0 Å². The molecule has 0 fully saturated rings. The van der Waals surface area contributed by atoms with Gasteiger partial charge in [0.15, 0.2) is 0 Å². The van der Waals surface area contributed by atoms with Crippen LogP contribution in [0.4, 0.5) is 0 Å². The average molecular weight is 619 g/mol. The molecule has 0 aliphatic rings. The highest BCUT2D eigenvalue weighted by Gasteiger charge is 2.03. The summed E-state index contributed by atoms with van der Waals surface area (Å²) in [6, 6.07) is 0. The summed E-state index contributed by atoms with van der Waals surface area (Å²) in [7, 11) is 0. The van der Waals surface area contributed by atoms with Crippen LogP contribution in [0.1, 0.15) is 129 Å². The first kappa shape index (κ1) is 41.7. The van der Waals surface area contributed by atoms with Gasteiger partial charge in [-0.1, -0.05) is 104 Å². The van der Waals surface area contributed by atoms with E-state index in [2.05, 4.69) is 13.8 Å². The normalized spacial score (nSPS) is 11.2. The van der Waals surface area contributed by atoms with Gasteiger partial charge >= 0.3 is 11.9 Å².